The van der Waals surface area contributed by atoms with E-state index in [0.29, 0.717) is 5.56 Å². The summed E-state index contributed by atoms with van der Waals surface area (Å²) in [5, 5.41) is 14.6. The molecule has 0 heterocycles. The fourth-order valence-corrected chi connectivity index (χ4v) is 3.19. The number of benzene rings is 3. The molecule has 0 spiro atoms. The van der Waals surface area contributed by atoms with Crippen molar-refractivity contribution in [2.75, 3.05) is 0 Å². The molecule has 0 fully saturated rings. The van der Waals surface area contributed by atoms with Gasteiger partial charge in [-0.15, -0.1) is 0 Å². The van der Waals surface area contributed by atoms with Crippen LogP contribution in [0, 0.1) is 0 Å². The summed E-state index contributed by atoms with van der Waals surface area (Å²) in [4.78, 5) is 37.7. The van der Waals surface area contributed by atoms with Crippen molar-refractivity contribution >= 4 is 18.0 Å². The van der Waals surface area contributed by atoms with Gasteiger partial charge < -0.3 is 25.2 Å². The van der Waals surface area contributed by atoms with Crippen molar-refractivity contribution in [1.29, 1.82) is 0 Å². The van der Waals surface area contributed by atoms with E-state index in [0.717, 1.165) is 11.1 Å². The van der Waals surface area contributed by atoms with Gasteiger partial charge in [0.1, 0.15) is 31.0 Å². The van der Waals surface area contributed by atoms with Crippen molar-refractivity contribution in [3.05, 3.63) is 102 Å². The maximum Gasteiger partial charge on any atom is 0.408 e. The number of esters is 1. The third-order valence-corrected chi connectivity index (χ3v) is 5.14. The Kier molecular flexibility index (Phi) is 9.24. The summed E-state index contributed by atoms with van der Waals surface area (Å²) in [5.41, 5.74) is 2.34. The molecule has 3 aromatic carbocycles. The summed E-state index contributed by atoms with van der Waals surface area (Å²) in [7, 11) is 0. The van der Waals surface area contributed by atoms with E-state index < -0.39 is 30.1 Å². The first kappa shape index (κ1) is 25.3. The van der Waals surface area contributed by atoms with Crippen LogP contribution < -0.4 is 10.6 Å². The highest BCUT2D eigenvalue weighted by Gasteiger charge is 2.26. The number of carbonyl (C=O) groups is 3. The van der Waals surface area contributed by atoms with Gasteiger partial charge in [-0.2, -0.15) is 0 Å². The molecular weight excluding hydrogens is 448 g/mol. The number of ether oxygens (including phenoxy) is 2. The Morgan fingerprint density at radius 1 is 0.743 bits per heavy atom. The van der Waals surface area contributed by atoms with Gasteiger partial charge in [0.2, 0.25) is 5.91 Å². The lowest BCUT2D eigenvalue weighted by Gasteiger charge is -2.21. The number of rotatable bonds is 10. The summed E-state index contributed by atoms with van der Waals surface area (Å²) in [6, 6.07) is 22.7. The maximum absolute atomic E-state index is 12.8. The summed E-state index contributed by atoms with van der Waals surface area (Å²) >= 11 is 0. The Hall–Kier alpha value is -4.33. The molecule has 0 aliphatic rings. The van der Waals surface area contributed by atoms with E-state index in [2.05, 4.69) is 10.6 Å². The lowest BCUT2D eigenvalue weighted by molar-refractivity contribution is -0.149. The van der Waals surface area contributed by atoms with Crippen molar-refractivity contribution in [3.63, 3.8) is 0 Å². The van der Waals surface area contributed by atoms with E-state index in [1.165, 1.54) is 19.1 Å². The third kappa shape index (κ3) is 8.51. The molecule has 0 radical (unpaired) electrons. The number of phenolic OH excluding ortho intramolecular Hbond substituents is 1. The average molecular weight is 477 g/mol. The lowest BCUT2D eigenvalue weighted by Crippen LogP contribution is -2.51. The fourth-order valence-electron chi connectivity index (χ4n) is 3.19. The molecule has 2 amide bonds. The predicted octanol–water partition coefficient (Wildman–Crippen LogP) is 3.48. The van der Waals surface area contributed by atoms with Crippen LogP contribution in [0.15, 0.2) is 84.9 Å². The average Bonchev–Trinajstić information content (AvgIpc) is 2.88. The van der Waals surface area contributed by atoms with Gasteiger partial charge in [0, 0.05) is 6.42 Å². The summed E-state index contributed by atoms with van der Waals surface area (Å²) in [6.45, 7) is 1.61. The molecule has 0 bridgehead atoms. The van der Waals surface area contributed by atoms with Crippen molar-refractivity contribution in [3.8, 4) is 5.75 Å². The van der Waals surface area contributed by atoms with Crippen molar-refractivity contribution in [2.45, 2.75) is 38.6 Å². The zero-order valence-electron chi connectivity index (χ0n) is 19.3. The van der Waals surface area contributed by atoms with Crippen LogP contribution in [-0.2, 0) is 38.7 Å². The maximum atomic E-state index is 12.8. The Morgan fingerprint density at radius 2 is 1.29 bits per heavy atom. The van der Waals surface area contributed by atoms with Crippen LogP contribution in [0.4, 0.5) is 4.79 Å². The Labute approximate surface area is 203 Å². The van der Waals surface area contributed by atoms with Crippen LogP contribution in [0.25, 0.3) is 0 Å². The Balaban J connectivity index is 1.58. The molecule has 2 unspecified atom stereocenters. The first-order chi connectivity index (χ1) is 16.9. The van der Waals surface area contributed by atoms with Gasteiger partial charge in [-0.3, -0.25) is 4.79 Å². The molecule has 35 heavy (non-hydrogen) atoms. The molecule has 0 aliphatic carbocycles. The highest BCUT2D eigenvalue weighted by atomic mass is 16.5. The third-order valence-electron chi connectivity index (χ3n) is 5.14. The second kappa shape index (κ2) is 12.8. The summed E-state index contributed by atoms with van der Waals surface area (Å²) in [6.07, 6.45) is -0.608. The number of hydrogen-bond donors (Lipinski definition) is 3. The van der Waals surface area contributed by atoms with Crippen LogP contribution >= 0.6 is 0 Å². The molecular formula is C27H28N2O6. The van der Waals surface area contributed by atoms with Gasteiger partial charge in [-0.05, 0) is 35.7 Å². The van der Waals surface area contributed by atoms with Crippen molar-refractivity contribution in [1.82, 2.24) is 10.6 Å². The van der Waals surface area contributed by atoms with Gasteiger partial charge in [0.25, 0.3) is 0 Å². The van der Waals surface area contributed by atoms with Crippen LogP contribution in [0.5, 0.6) is 5.75 Å². The van der Waals surface area contributed by atoms with Crippen molar-refractivity contribution in [2.24, 2.45) is 0 Å². The number of phenols is 1. The molecule has 3 aromatic rings. The zero-order valence-corrected chi connectivity index (χ0v) is 19.3. The van der Waals surface area contributed by atoms with Gasteiger partial charge in [-0.25, -0.2) is 9.59 Å². The molecule has 2 atom stereocenters. The predicted molar refractivity (Wildman–Crippen MR) is 129 cm³/mol. The van der Waals surface area contributed by atoms with Crippen LogP contribution in [0.2, 0.25) is 0 Å². The minimum absolute atomic E-state index is 0.0568. The number of alkyl carbamates (subject to hydrolysis) is 1. The van der Waals surface area contributed by atoms with E-state index in [4.69, 9.17) is 9.47 Å². The number of carbonyl (C=O) groups excluding carboxylic acids is 3. The molecule has 3 N–H and O–H groups in total. The van der Waals surface area contributed by atoms with E-state index >= 15 is 0 Å². The van der Waals surface area contributed by atoms with E-state index in [9.17, 15) is 19.5 Å². The van der Waals surface area contributed by atoms with E-state index in [1.807, 2.05) is 60.7 Å². The van der Waals surface area contributed by atoms with Crippen LogP contribution in [-0.4, -0.2) is 35.2 Å². The molecule has 8 nitrogen and oxygen atoms in total. The fraction of sp³-hybridized carbons (Fsp3) is 0.222. The van der Waals surface area contributed by atoms with Crippen LogP contribution in [0.1, 0.15) is 23.6 Å². The molecule has 0 aliphatic heterocycles. The quantitative estimate of drug-likeness (QED) is 0.386. The first-order valence-corrected chi connectivity index (χ1v) is 11.2. The Morgan fingerprint density at radius 3 is 1.86 bits per heavy atom. The highest BCUT2D eigenvalue weighted by molar-refractivity contribution is 5.89. The molecule has 3 rings (SSSR count). The zero-order chi connectivity index (χ0) is 25.0. The molecule has 0 aromatic heterocycles. The molecule has 0 saturated carbocycles. The number of hydrogen-bond acceptors (Lipinski definition) is 6. The second-order valence-electron chi connectivity index (χ2n) is 7.95. The SMILES string of the molecule is CC(NC(=O)OCc1ccccc1)C(=O)NC(Cc1ccc(O)cc1)C(=O)OCc1ccccc1. The van der Waals surface area contributed by atoms with Gasteiger partial charge in [-0.1, -0.05) is 72.8 Å². The molecule has 182 valence electrons. The highest BCUT2D eigenvalue weighted by Crippen LogP contribution is 2.13. The molecule has 8 heteroatoms. The second-order valence-corrected chi connectivity index (χ2v) is 7.95. The van der Waals surface area contributed by atoms with E-state index in [-0.39, 0.29) is 25.4 Å². The monoisotopic (exact) mass is 476 g/mol. The topological polar surface area (TPSA) is 114 Å². The summed E-state index contributed by atoms with van der Waals surface area (Å²) in [5.74, 6) is -1.09. The number of nitrogens with one attached hydrogen (secondary N) is 2. The minimum atomic E-state index is -1.000. The van der Waals surface area contributed by atoms with Gasteiger partial charge >= 0.3 is 12.1 Å². The van der Waals surface area contributed by atoms with Gasteiger partial charge in [0.05, 0.1) is 0 Å². The first-order valence-electron chi connectivity index (χ1n) is 11.2. The summed E-state index contributed by atoms with van der Waals surface area (Å²) < 4.78 is 10.6. The number of aromatic hydroxyl groups is 1. The minimum Gasteiger partial charge on any atom is -0.508 e. The standard InChI is InChI=1S/C27H28N2O6/c1-19(28-27(33)35-18-22-10-6-3-7-11-22)25(31)29-24(16-20-12-14-23(30)15-13-20)26(32)34-17-21-8-4-2-5-9-21/h2-15,19,24,30H,16-18H2,1H3,(H,28,33)(H,29,31). The van der Waals surface area contributed by atoms with Crippen molar-refractivity contribution < 1.29 is 29.0 Å². The number of amides is 2. The Bertz CT molecular complexity index is 1100. The largest absolute Gasteiger partial charge is 0.508 e. The lowest BCUT2D eigenvalue weighted by atomic mass is 10.1. The molecule has 0 saturated heterocycles. The van der Waals surface area contributed by atoms with Gasteiger partial charge in [0.15, 0.2) is 0 Å². The van der Waals surface area contributed by atoms with Crippen LogP contribution in [0.3, 0.4) is 0 Å². The normalized spacial score (nSPS) is 12.1. The smallest absolute Gasteiger partial charge is 0.408 e. The van der Waals surface area contributed by atoms with E-state index in [1.54, 1.807) is 12.1 Å².